The van der Waals surface area contributed by atoms with Gasteiger partial charge in [0, 0.05) is 24.2 Å². The fourth-order valence-corrected chi connectivity index (χ4v) is 4.66. The van der Waals surface area contributed by atoms with Crippen LogP contribution in [0.3, 0.4) is 0 Å². The van der Waals surface area contributed by atoms with Crippen LogP contribution in [0.25, 0.3) is 0 Å². The highest BCUT2D eigenvalue weighted by Crippen LogP contribution is 2.58. The summed E-state index contributed by atoms with van der Waals surface area (Å²) < 4.78 is 0. The lowest BCUT2D eigenvalue weighted by Gasteiger charge is -2.45. The van der Waals surface area contributed by atoms with E-state index in [0.29, 0.717) is 0 Å². The predicted octanol–water partition coefficient (Wildman–Crippen LogP) is 3.05. The van der Waals surface area contributed by atoms with Gasteiger partial charge < -0.3 is 4.84 Å². The Kier molecular flexibility index (Phi) is 4.10. The first-order chi connectivity index (χ1) is 13.0. The maximum atomic E-state index is 13.1. The van der Waals surface area contributed by atoms with Gasteiger partial charge in [0.1, 0.15) is 5.78 Å². The van der Waals surface area contributed by atoms with Crippen molar-refractivity contribution < 1.29 is 19.2 Å². The van der Waals surface area contributed by atoms with Gasteiger partial charge >= 0.3 is 5.97 Å². The fraction of sp³-hybridized carbons (Fsp3) is 0.318. The Morgan fingerprint density at radius 3 is 2.22 bits per heavy atom. The molecule has 5 nitrogen and oxygen atoms in total. The lowest BCUT2D eigenvalue weighted by Crippen LogP contribution is -2.53. The van der Waals surface area contributed by atoms with E-state index < -0.39 is 35.0 Å². The molecule has 1 saturated carbocycles. The molecule has 2 aliphatic rings. The average molecular weight is 363 g/mol. The van der Waals surface area contributed by atoms with Crippen molar-refractivity contribution in [2.75, 3.05) is 0 Å². The molecule has 1 aliphatic heterocycles. The third kappa shape index (κ3) is 2.49. The maximum Gasteiger partial charge on any atom is 0.349 e. The lowest BCUT2D eigenvalue weighted by molar-refractivity contribution is -0.156. The summed E-state index contributed by atoms with van der Waals surface area (Å²) in [5, 5.41) is 0. The zero-order chi connectivity index (χ0) is 19.2. The summed E-state index contributed by atoms with van der Waals surface area (Å²) in [4.78, 5) is 44.0. The molecule has 5 heteroatoms. The van der Waals surface area contributed by atoms with Gasteiger partial charge in [0.25, 0.3) is 5.91 Å². The molecule has 27 heavy (non-hydrogen) atoms. The molecule has 0 radical (unpaired) electrons. The van der Waals surface area contributed by atoms with Gasteiger partial charge in [-0.15, -0.1) is 0 Å². The highest BCUT2D eigenvalue weighted by atomic mass is 16.7. The molecule has 2 fully saturated rings. The molecule has 1 spiro atoms. The fourth-order valence-electron chi connectivity index (χ4n) is 4.66. The van der Waals surface area contributed by atoms with Crippen molar-refractivity contribution in [3.8, 4) is 0 Å². The molecule has 1 amide bonds. The molecule has 2 aromatic carbocycles. The Morgan fingerprint density at radius 2 is 1.63 bits per heavy atom. The molecule has 1 N–H and O–H groups in total. The SMILES string of the molecule is Cc1ccc([C@H]2CC(=O)[C@H](C)[C@@H](c3ccccc3)C23C(=O)NOC3=O)cc1. The van der Waals surface area contributed by atoms with Crippen LogP contribution in [-0.2, 0) is 19.2 Å². The lowest BCUT2D eigenvalue weighted by atomic mass is 9.53. The van der Waals surface area contributed by atoms with Crippen LogP contribution in [0.5, 0.6) is 0 Å². The van der Waals surface area contributed by atoms with Crippen LogP contribution in [0, 0.1) is 18.3 Å². The second kappa shape index (κ2) is 6.34. The van der Waals surface area contributed by atoms with Crippen LogP contribution in [-0.4, -0.2) is 17.7 Å². The Balaban J connectivity index is 1.96. The zero-order valence-corrected chi connectivity index (χ0v) is 15.3. The van der Waals surface area contributed by atoms with E-state index in [1.54, 1.807) is 6.92 Å². The van der Waals surface area contributed by atoms with Gasteiger partial charge in [-0.3, -0.25) is 9.59 Å². The van der Waals surface area contributed by atoms with Crippen molar-refractivity contribution in [2.45, 2.75) is 32.1 Å². The monoisotopic (exact) mass is 363 g/mol. The molecular weight excluding hydrogens is 342 g/mol. The molecule has 1 heterocycles. The average Bonchev–Trinajstić information content (AvgIpc) is 2.96. The minimum atomic E-state index is -1.45. The third-order valence-electron chi connectivity index (χ3n) is 6.04. The number of rotatable bonds is 2. The van der Waals surface area contributed by atoms with Gasteiger partial charge in [0.2, 0.25) is 0 Å². The van der Waals surface area contributed by atoms with E-state index in [4.69, 9.17) is 4.84 Å². The van der Waals surface area contributed by atoms with E-state index in [9.17, 15) is 14.4 Å². The van der Waals surface area contributed by atoms with Crippen molar-refractivity contribution in [3.05, 3.63) is 71.3 Å². The van der Waals surface area contributed by atoms with Crippen LogP contribution >= 0.6 is 0 Å². The largest absolute Gasteiger partial charge is 0.349 e. The Morgan fingerprint density at radius 1 is 0.963 bits per heavy atom. The van der Waals surface area contributed by atoms with Crippen LogP contribution in [0.2, 0.25) is 0 Å². The van der Waals surface area contributed by atoms with Crippen LogP contribution < -0.4 is 5.48 Å². The molecule has 4 atom stereocenters. The number of benzene rings is 2. The number of amides is 1. The molecule has 138 valence electrons. The summed E-state index contributed by atoms with van der Waals surface area (Å²) >= 11 is 0. The van der Waals surface area contributed by atoms with Gasteiger partial charge in [-0.05, 0) is 18.1 Å². The van der Waals surface area contributed by atoms with Gasteiger partial charge in [-0.1, -0.05) is 67.1 Å². The second-order valence-corrected chi connectivity index (χ2v) is 7.50. The molecule has 2 aromatic rings. The number of hydroxylamine groups is 1. The summed E-state index contributed by atoms with van der Waals surface area (Å²) in [5.41, 5.74) is 3.49. The normalized spacial score (nSPS) is 30.3. The number of carbonyl (C=O) groups excluding carboxylic acids is 3. The Bertz CT molecular complexity index is 888. The summed E-state index contributed by atoms with van der Waals surface area (Å²) in [6, 6.07) is 17.0. The highest BCUT2D eigenvalue weighted by Gasteiger charge is 2.67. The third-order valence-corrected chi connectivity index (χ3v) is 6.04. The molecule has 0 bridgehead atoms. The Labute approximate surface area is 157 Å². The van der Waals surface area contributed by atoms with Crippen molar-refractivity contribution in [1.29, 1.82) is 0 Å². The van der Waals surface area contributed by atoms with Crippen molar-refractivity contribution in [1.82, 2.24) is 5.48 Å². The second-order valence-electron chi connectivity index (χ2n) is 7.50. The van der Waals surface area contributed by atoms with E-state index in [1.165, 1.54) is 0 Å². The van der Waals surface area contributed by atoms with Gasteiger partial charge in [-0.25, -0.2) is 4.79 Å². The zero-order valence-electron chi connectivity index (χ0n) is 15.3. The molecule has 1 aliphatic carbocycles. The molecule has 1 saturated heterocycles. The van der Waals surface area contributed by atoms with E-state index in [-0.39, 0.29) is 12.2 Å². The maximum absolute atomic E-state index is 13.1. The van der Waals surface area contributed by atoms with E-state index in [1.807, 2.05) is 61.5 Å². The smallest absolute Gasteiger partial charge is 0.339 e. The summed E-state index contributed by atoms with van der Waals surface area (Å²) in [5.74, 6) is -2.64. The van der Waals surface area contributed by atoms with Crippen LogP contribution in [0.4, 0.5) is 0 Å². The standard InChI is InChI=1S/C22H21NO4/c1-13-8-10-15(11-9-13)17-12-18(24)14(2)19(16-6-4-3-5-7-16)22(17)20(25)23-27-21(22)26/h3-11,14,17,19H,12H2,1-2H3,(H,23,25)/t14-,17+,19-,22?/m0/s1. The van der Waals surface area contributed by atoms with E-state index in [0.717, 1.165) is 16.7 Å². The van der Waals surface area contributed by atoms with Crippen LogP contribution in [0.15, 0.2) is 54.6 Å². The summed E-state index contributed by atoms with van der Waals surface area (Å²) in [6.07, 6.45) is 0.135. The molecule has 4 rings (SSSR count). The first kappa shape index (κ1) is 17.5. The van der Waals surface area contributed by atoms with Crippen molar-refractivity contribution in [2.24, 2.45) is 11.3 Å². The van der Waals surface area contributed by atoms with Gasteiger partial charge in [0.15, 0.2) is 5.41 Å². The number of hydrogen-bond acceptors (Lipinski definition) is 4. The molecule has 0 aromatic heterocycles. The predicted molar refractivity (Wildman–Crippen MR) is 98.6 cm³/mol. The van der Waals surface area contributed by atoms with Crippen molar-refractivity contribution >= 4 is 17.7 Å². The molecular formula is C22H21NO4. The minimum Gasteiger partial charge on any atom is -0.339 e. The van der Waals surface area contributed by atoms with Gasteiger partial charge in [-0.2, -0.15) is 5.48 Å². The summed E-state index contributed by atoms with van der Waals surface area (Å²) in [6.45, 7) is 3.77. The van der Waals surface area contributed by atoms with Gasteiger partial charge in [0.05, 0.1) is 0 Å². The minimum absolute atomic E-state index is 0.0487. The van der Waals surface area contributed by atoms with Crippen molar-refractivity contribution in [3.63, 3.8) is 0 Å². The Hall–Kier alpha value is -2.95. The first-order valence-corrected chi connectivity index (χ1v) is 9.12. The quantitative estimate of drug-likeness (QED) is 0.833. The highest BCUT2D eigenvalue weighted by molar-refractivity contribution is 6.10. The van der Waals surface area contributed by atoms with Crippen LogP contribution in [0.1, 0.15) is 41.9 Å². The molecule has 1 unspecified atom stereocenters. The van der Waals surface area contributed by atoms with E-state index >= 15 is 0 Å². The number of nitrogens with one attached hydrogen (secondary N) is 1. The number of carbonyl (C=O) groups is 3. The number of hydrogen-bond donors (Lipinski definition) is 1. The number of ketones is 1. The number of Topliss-reactive ketones (excluding diaryl/α,β-unsaturated/α-hetero) is 1. The first-order valence-electron chi connectivity index (χ1n) is 9.12. The topological polar surface area (TPSA) is 72.5 Å². The number of aryl methyl sites for hydroxylation is 1. The summed E-state index contributed by atoms with van der Waals surface area (Å²) in [7, 11) is 0. The van der Waals surface area contributed by atoms with E-state index in [2.05, 4.69) is 5.48 Å².